The number of aliphatic hydroxyl groups excluding tert-OH is 1. The summed E-state index contributed by atoms with van der Waals surface area (Å²) < 4.78 is 11.6. The van der Waals surface area contributed by atoms with Crippen molar-refractivity contribution >= 4 is 17.8 Å². The second kappa shape index (κ2) is 20.0. The van der Waals surface area contributed by atoms with E-state index in [-0.39, 0.29) is 49.8 Å². The lowest BCUT2D eigenvalue weighted by atomic mass is 9.86. The summed E-state index contributed by atoms with van der Waals surface area (Å²) >= 11 is 0. The summed E-state index contributed by atoms with van der Waals surface area (Å²) in [4.78, 5) is 39.8. The third-order valence-electron chi connectivity index (χ3n) is 8.36. The number of aliphatic hydroxyl groups is 1. The lowest BCUT2D eigenvalue weighted by Gasteiger charge is -2.32. The Morgan fingerprint density at radius 2 is 1.35 bits per heavy atom. The van der Waals surface area contributed by atoms with Crippen LogP contribution in [0.5, 0.6) is 5.75 Å². The number of amides is 2. The Labute approximate surface area is 291 Å². The number of esters is 1. The number of allylic oxidation sites excluding steroid dienone is 2. The molecule has 0 saturated carbocycles. The third-order valence-corrected chi connectivity index (χ3v) is 8.36. The number of hydrogen-bond acceptors (Lipinski definition) is 6. The quantitative estimate of drug-likeness (QED) is 0.0952. The molecule has 3 aromatic carbocycles. The summed E-state index contributed by atoms with van der Waals surface area (Å²) in [5.74, 6) is -1.38. The number of carbonyl (C=O) groups excluding carboxylic acids is 3. The first-order valence-corrected chi connectivity index (χ1v) is 16.9. The van der Waals surface area contributed by atoms with E-state index in [1.807, 2.05) is 106 Å². The molecule has 0 bridgehead atoms. The van der Waals surface area contributed by atoms with Gasteiger partial charge in [0.1, 0.15) is 19.0 Å². The first-order valence-electron chi connectivity index (χ1n) is 16.9. The molecule has 3 N–H and O–H groups in total. The van der Waals surface area contributed by atoms with Crippen LogP contribution in [-0.2, 0) is 38.6 Å². The third kappa shape index (κ3) is 13.8. The van der Waals surface area contributed by atoms with E-state index in [0.717, 1.165) is 22.4 Å². The largest absolute Gasteiger partial charge is 0.489 e. The molecule has 8 nitrogen and oxygen atoms in total. The molecular weight excluding hydrogens is 616 g/mol. The molecular formula is C41H52N2O6. The number of benzene rings is 3. The van der Waals surface area contributed by atoms with Crippen molar-refractivity contribution in [3.63, 3.8) is 0 Å². The molecule has 8 heteroatoms. The highest BCUT2D eigenvalue weighted by Crippen LogP contribution is 2.23. The Morgan fingerprint density at radius 1 is 0.776 bits per heavy atom. The zero-order valence-electron chi connectivity index (χ0n) is 29.1. The second-order valence-corrected chi connectivity index (χ2v) is 13.5. The minimum atomic E-state index is -0.690. The van der Waals surface area contributed by atoms with Gasteiger partial charge in [0.2, 0.25) is 11.8 Å². The van der Waals surface area contributed by atoms with Crippen LogP contribution in [-0.4, -0.2) is 48.2 Å². The lowest BCUT2D eigenvalue weighted by molar-refractivity contribution is -0.150. The van der Waals surface area contributed by atoms with Crippen molar-refractivity contribution in [3.8, 4) is 5.75 Å². The summed E-state index contributed by atoms with van der Waals surface area (Å²) in [6, 6.07) is 26.2. The van der Waals surface area contributed by atoms with Crippen LogP contribution < -0.4 is 15.4 Å². The Kier molecular flexibility index (Phi) is 15.8. The maximum atomic E-state index is 13.5. The first kappa shape index (κ1) is 38.8. The molecule has 0 aromatic heterocycles. The van der Waals surface area contributed by atoms with Crippen molar-refractivity contribution in [1.82, 2.24) is 10.6 Å². The van der Waals surface area contributed by atoms with E-state index in [0.29, 0.717) is 25.9 Å². The van der Waals surface area contributed by atoms with Gasteiger partial charge in [-0.3, -0.25) is 14.4 Å². The van der Waals surface area contributed by atoms with E-state index in [4.69, 9.17) is 9.47 Å². The Bertz CT molecular complexity index is 1470. The molecule has 0 fully saturated rings. The van der Waals surface area contributed by atoms with Gasteiger partial charge in [0.25, 0.3) is 0 Å². The number of carbonyl (C=O) groups is 3. The van der Waals surface area contributed by atoms with Gasteiger partial charge < -0.3 is 25.2 Å². The van der Waals surface area contributed by atoms with E-state index in [2.05, 4.69) is 23.8 Å². The van der Waals surface area contributed by atoms with E-state index in [1.54, 1.807) is 12.2 Å². The summed E-state index contributed by atoms with van der Waals surface area (Å²) in [5, 5.41) is 15.9. The van der Waals surface area contributed by atoms with Crippen LogP contribution in [0, 0.1) is 17.3 Å². The van der Waals surface area contributed by atoms with E-state index in [9.17, 15) is 19.5 Å². The molecule has 0 saturated heterocycles. The average Bonchev–Trinajstić information content (AvgIpc) is 3.09. The summed E-state index contributed by atoms with van der Waals surface area (Å²) in [7, 11) is 0. The minimum absolute atomic E-state index is 0.00775. The average molecular weight is 669 g/mol. The smallest absolute Gasteiger partial charge is 0.309 e. The molecule has 3 aromatic rings. The van der Waals surface area contributed by atoms with Crippen LogP contribution in [0.25, 0.3) is 0 Å². The number of ether oxygens (including phenoxy) is 2. The SMILES string of the molecule is C=CC[C@H](CC(=O)N[C@H](CO)Cc1ccc(OCc2ccccc2)cc1)C(=O)N[C@H](COC(=O)[C@@H](CC=C)Cc1ccccc1)C(C)(C)C. The molecule has 3 rings (SSSR count). The highest BCUT2D eigenvalue weighted by atomic mass is 16.5. The normalized spacial score (nSPS) is 13.6. The first-order chi connectivity index (χ1) is 23.5. The maximum Gasteiger partial charge on any atom is 0.309 e. The van der Waals surface area contributed by atoms with Gasteiger partial charge in [-0.2, -0.15) is 0 Å². The number of nitrogens with one attached hydrogen (secondary N) is 2. The Balaban J connectivity index is 1.55. The summed E-state index contributed by atoms with van der Waals surface area (Å²) in [5.41, 5.74) is 2.59. The summed E-state index contributed by atoms with van der Waals surface area (Å²) in [6.07, 6.45) is 4.92. The van der Waals surface area contributed by atoms with Gasteiger partial charge in [0.15, 0.2) is 0 Å². The maximum absolute atomic E-state index is 13.5. The molecule has 49 heavy (non-hydrogen) atoms. The van der Waals surface area contributed by atoms with Crippen molar-refractivity contribution < 1.29 is 29.0 Å². The van der Waals surface area contributed by atoms with Crippen molar-refractivity contribution in [1.29, 1.82) is 0 Å². The van der Waals surface area contributed by atoms with Crippen LogP contribution in [0.15, 0.2) is 110 Å². The van der Waals surface area contributed by atoms with E-state index < -0.39 is 23.4 Å². The van der Waals surface area contributed by atoms with Crippen LogP contribution in [0.1, 0.15) is 56.7 Å². The second-order valence-electron chi connectivity index (χ2n) is 13.5. The van der Waals surface area contributed by atoms with Crippen LogP contribution in [0.2, 0.25) is 0 Å². The molecule has 0 radical (unpaired) electrons. The van der Waals surface area contributed by atoms with Crippen molar-refractivity contribution in [2.75, 3.05) is 13.2 Å². The molecule has 0 aliphatic heterocycles. The van der Waals surface area contributed by atoms with Crippen LogP contribution in [0.4, 0.5) is 0 Å². The van der Waals surface area contributed by atoms with Gasteiger partial charge in [-0.1, -0.05) is 106 Å². The fraction of sp³-hybridized carbons (Fsp3) is 0.390. The fourth-order valence-electron chi connectivity index (χ4n) is 5.35. The lowest BCUT2D eigenvalue weighted by Crippen LogP contribution is -2.50. The predicted molar refractivity (Wildman–Crippen MR) is 194 cm³/mol. The highest BCUT2D eigenvalue weighted by molar-refractivity contribution is 5.86. The zero-order chi connectivity index (χ0) is 35.6. The molecule has 0 heterocycles. The zero-order valence-corrected chi connectivity index (χ0v) is 29.1. The van der Waals surface area contributed by atoms with E-state index in [1.165, 1.54) is 0 Å². The topological polar surface area (TPSA) is 114 Å². The van der Waals surface area contributed by atoms with Crippen molar-refractivity contribution in [2.45, 2.75) is 71.6 Å². The highest BCUT2D eigenvalue weighted by Gasteiger charge is 2.32. The van der Waals surface area contributed by atoms with Crippen LogP contribution in [0.3, 0.4) is 0 Å². The molecule has 0 aliphatic carbocycles. The molecule has 262 valence electrons. The van der Waals surface area contributed by atoms with Gasteiger partial charge in [-0.25, -0.2) is 0 Å². The number of hydrogen-bond donors (Lipinski definition) is 3. The fourth-order valence-corrected chi connectivity index (χ4v) is 5.35. The molecule has 4 atom stereocenters. The van der Waals surface area contributed by atoms with Gasteiger partial charge in [-0.15, -0.1) is 13.2 Å². The van der Waals surface area contributed by atoms with Gasteiger partial charge in [0.05, 0.1) is 30.5 Å². The number of rotatable bonds is 20. The van der Waals surface area contributed by atoms with Crippen molar-refractivity contribution in [2.24, 2.45) is 17.3 Å². The standard InChI is InChI=1S/C41H52N2O6/c1-6-14-33(26-38(45)42-35(27-44)25-31-20-22-36(23-21-31)48-28-32-18-12-9-13-19-32)39(46)43-37(41(3,4)5)29-49-40(47)34(15-7-2)24-30-16-10-8-11-17-30/h6-13,16-23,33-35,37,44H,1-2,14-15,24-29H2,3-5H3,(H,42,45)(H,43,46)/t33-,34+,35+,37-/m1/s1. The minimum Gasteiger partial charge on any atom is -0.489 e. The van der Waals surface area contributed by atoms with Gasteiger partial charge in [0, 0.05) is 6.42 Å². The molecule has 0 spiro atoms. The van der Waals surface area contributed by atoms with E-state index >= 15 is 0 Å². The van der Waals surface area contributed by atoms with Gasteiger partial charge >= 0.3 is 5.97 Å². The summed E-state index contributed by atoms with van der Waals surface area (Å²) in [6.45, 7) is 13.6. The molecule has 0 aliphatic rings. The van der Waals surface area contributed by atoms with Crippen LogP contribution >= 0.6 is 0 Å². The monoisotopic (exact) mass is 668 g/mol. The molecule has 2 amide bonds. The molecule has 0 unspecified atom stereocenters. The van der Waals surface area contributed by atoms with Gasteiger partial charge in [-0.05, 0) is 59.9 Å². The Morgan fingerprint density at radius 3 is 1.92 bits per heavy atom. The predicted octanol–water partition coefficient (Wildman–Crippen LogP) is 6.38. The van der Waals surface area contributed by atoms with Crippen molar-refractivity contribution in [3.05, 3.63) is 127 Å². The Hall–Kier alpha value is -4.69.